The van der Waals surface area contributed by atoms with Crippen LogP contribution in [-0.2, 0) is 22.4 Å². The smallest absolute Gasteiger partial charge is 0.326 e. The summed E-state index contributed by atoms with van der Waals surface area (Å²) in [5, 5.41) is 39.7. The maximum Gasteiger partial charge on any atom is 0.326 e. The van der Waals surface area contributed by atoms with E-state index in [4.69, 9.17) is 5.73 Å². The summed E-state index contributed by atoms with van der Waals surface area (Å²) in [7, 11) is 0. The molecular formula is C18H20N2O6. The molecule has 26 heavy (non-hydrogen) atoms. The second-order valence-electron chi connectivity index (χ2n) is 5.90. The lowest BCUT2D eigenvalue weighted by Crippen LogP contribution is -2.50. The summed E-state index contributed by atoms with van der Waals surface area (Å²) in [6, 6.07) is 7.90. The van der Waals surface area contributed by atoms with Crippen molar-refractivity contribution in [1.29, 1.82) is 0 Å². The number of hydrogen-bond donors (Lipinski definition) is 6. The highest BCUT2D eigenvalue weighted by Gasteiger charge is 2.24. The number of carboxylic acids is 1. The van der Waals surface area contributed by atoms with Crippen LogP contribution >= 0.6 is 0 Å². The van der Waals surface area contributed by atoms with Crippen LogP contribution in [-0.4, -0.2) is 44.4 Å². The molecule has 0 aliphatic carbocycles. The first kappa shape index (κ1) is 19.1. The number of phenolic OH excluding ortho intramolecular Hbond substituents is 3. The third-order valence-electron chi connectivity index (χ3n) is 3.82. The van der Waals surface area contributed by atoms with E-state index in [1.165, 1.54) is 30.3 Å². The van der Waals surface area contributed by atoms with E-state index in [2.05, 4.69) is 5.32 Å². The summed E-state index contributed by atoms with van der Waals surface area (Å²) >= 11 is 0. The normalized spacial score (nSPS) is 13.0. The molecule has 0 radical (unpaired) electrons. The van der Waals surface area contributed by atoms with Gasteiger partial charge in [0.1, 0.15) is 11.8 Å². The van der Waals surface area contributed by atoms with E-state index in [-0.39, 0.29) is 30.1 Å². The molecule has 8 nitrogen and oxygen atoms in total. The molecule has 0 spiro atoms. The van der Waals surface area contributed by atoms with Crippen molar-refractivity contribution in [2.75, 3.05) is 0 Å². The molecule has 8 heteroatoms. The van der Waals surface area contributed by atoms with E-state index in [1.54, 1.807) is 12.1 Å². The summed E-state index contributed by atoms with van der Waals surface area (Å²) in [5.74, 6) is -2.48. The number of carbonyl (C=O) groups excluding carboxylic acids is 1. The van der Waals surface area contributed by atoms with E-state index >= 15 is 0 Å². The van der Waals surface area contributed by atoms with E-state index in [0.717, 1.165) is 5.56 Å². The summed E-state index contributed by atoms with van der Waals surface area (Å²) in [6.07, 6.45) is 0.0965. The number of aliphatic carboxylic acids is 1. The van der Waals surface area contributed by atoms with Gasteiger partial charge in [-0.05, 0) is 41.8 Å². The van der Waals surface area contributed by atoms with Crippen LogP contribution in [0, 0.1) is 0 Å². The minimum atomic E-state index is -1.25. The molecule has 1 unspecified atom stereocenters. The van der Waals surface area contributed by atoms with Crippen molar-refractivity contribution in [2.24, 2.45) is 5.73 Å². The van der Waals surface area contributed by atoms with Crippen LogP contribution < -0.4 is 11.1 Å². The molecule has 0 heterocycles. The third-order valence-corrected chi connectivity index (χ3v) is 3.82. The molecule has 2 atom stereocenters. The van der Waals surface area contributed by atoms with Gasteiger partial charge in [0.05, 0.1) is 6.04 Å². The second-order valence-corrected chi connectivity index (χ2v) is 5.90. The average molecular weight is 360 g/mol. The number of carboxylic acid groups (broad SMARTS) is 1. The molecule has 1 amide bonds. The van der Waals surface area contributed by atoms with Gasteiger partial charge in [0.15, 0.2) is 11.5 Å². The maximum atomic E-state index is 12.2. The molecule has 2 aromatic rings. The summed E-state index contributed by atoms with van der Waals surface area (Å²) in [4.78, 5) is 23.6. The van der Waals surface area contributed by atoms with E-state index in [9.17, 15) is 30.0 Å². The number of benzene rings is 2. The Morgan fingerprint density at radius 1 is 0.923 bits per heavy atom. The van der Waals surface area contributed by atoms with Crippen molar-refractivity contribution in [1.82, 2.24) is 5.32 Å². The van der Waals surface area contributed by atoms with Gasteiger partial charge in [0.25, 0.3) is 0 Å². The molecule has 2 rings (SSSR count). The minimum Gasteiger partial charge on any atom is -0.508 e. The fraction of sp³-hybridized carbons (Fsp3) is 0.222. The van der Waals surface area contributed by atoms with Gasteiger partial charge < -0.3 is 31.5 Å². The lowest BCUT2D eigenvalue weighted by atomic mass is 10.0. The number of amides is 1. The molecule has 0 saturated heterocycles. The lowest BCUT2D eigenvalue weighted by molar-refractivity contribution is -0.141. The number of aromatic hydroxyl groups is 3. The molecule has 0 bridgehead atoms. The van der Waals surface area contributed by atoms with E-state index < -0.39 is 24.0 Å². The van der Waals surface area contributed by atoms with Gasteiger partial charge in [0.2, 0.25) is 5.91 Å². The van der Waals surface area contributed by atoms with E-state index in [1.807, 2.05) is 0 Å². The van der Waals surface area contributed by atoms with Crippen molar-refractivity contribution in [3.05, 3.63) is 53.6 Å². The average Bonchev–Trinajstić information content (AvgIpc) is 2.59. The first-order valence-corrected chi connectivity index (χ1v) is 7.84. The lowest BCUT2D eigenvalue weighted by Gasteiger charge is -2.18. The zero-order chi connectivity index (χ0) is 19.3. The van der Waals surface area contributed by atoms with Gasteiger partial charge in [-0.2, -0.15) is 0 Å². The number of nitrogens with two attached hydrogens (primary N) is 1. The molecule has 138 valence electrons. The summed E-state index contributed by atoms with van der Waals surface area (Å²) in [5.41, 5.74) is 6.99. The summed E-state index contributed by atoms with van der Waals surface area (Å²) in [6.45, 7) is 0. The maximum absolute atomic E-state index is 12.2. The Morgan fingerprint density at radius 3 is 2.12 bits per heavy atom. The number of rotatable bonds is 7. The first-order chi connectivity index (χ1) is 12.3. The highest BCUT2D eigenvalue weighted by atomic mass is 16.4. The zero-order valence-corrected chi connectivity index (χ0v) is 13.8. The predicted molar refractivity (Wildman–Crippen MR) is 92.8 cm³/mol. The van der Waals surface area contributed by atoms with Crippen LogP contribution in [0.4, 0.5) is 0 Å². The Balaban J connectivity index is 2.01. The van der Waals surface area contributed by atoms with Crippen LogP contribution in [0.3, 0.4) is 0 Å². The molecule has 0 saturated carbocycles. The Morgan fingerprint density at radius 2 is 1.54 bits per heavy atom. The fourth-order valence-electron chi connectivity index (χ4n) is 2.39. The van der Waals surface area contributed by atoms with Gasteiger partial charge in [-0.1, -0.05) is 18.2 Å². The van der Waals surface area contributed by atoms with Gasteiger partial charge in [-0.15, -0.1) is 0 Å². The number of phenols is 3. The Bertz CT molecular complexity index is 791. The molecule has 2 aromatic carbocycles. The van der Waals surface area contributed by atoms with Gasteiger partial charge >= 0.3 is 5.97 Å². The van der Waals surface area contributed by atoms with Gasteiger partial charge in [0, 0.05) is 6.42 Å². The highest BCUT2D eigenvalue weighted by Crippen LogP contribution is 2.25. The van der Waals surface area contributed by atoms with Crippen LogP contribution in [0.25, 0.3) is 0 Å². The predicted octanol–water partition coefficient (Wildman–Crippen LogP) is 0.485. The zero-order valence-electron chi connectivity index (χ0n) is 13.8. The highest BCUT2D eigenvalue weighted by molar-refractivity contribution is 5.87. The monoisotopic (exact) mass is 360 g/mol. The van der Waals surface area contributed by atoms with Crippen molar-refractivity contribution >= 4 is 11.9 Å². The van der Waals surface area contributed by atoms with Gasteiger partial charge in [-0.25, -0.2) is 4.79 Å². The molecular weight excluding hydrogens is 340 g/mol. The van der Waals surface area contributed by atoms with Crippen LogP contribution in [0.1, 0.15) is 11.1 Å². The molecule has 0 aliphatic rings. The van der Waals surface area contributed by atoms with Crippen LogP contribution in [0.5, 0.6) is 17.2 Å². The first-order valence-electron chi connectivity index (χ1n) is 7.84. The van der Waals surface area contributed by atoms with Crippen molar-refractivity contribution in [2.45, 2.75) is 24.9 Å². The molecule has 0 aromatic heterocycles. The number of carbonyl (C=O) groups is 2. The minimum absolute atomic E-state index is 0.0825. The van der Waals surface area contributed by atoms with Crippen molar-refractivity contribution < 1.29 is 30.0 Å². The second kappa shape index (κ2) is 8.21. The largest absolute Gasteiger partial charge is 0.508 e. The summed E-state index contributed by atoms with van der Waals surface area (Å²) < 4.78 is 0. The quantitative estimate of drug-likeness (QED) is 0.393. The van der Waals surface area contributed by atoms with E-state index in [0.29, 0.717) is 5.56 Å². The topological polar surface area (TPSA) is 153 Å². The molecule has 0 fully saturated rings. The fourth-order valence-corrected chi connectivity index (χ4v) is 2.39. The molecule has 0 aliphatic heterocycles. The Hall–Kier alpha value is -3.26. The van der Waals surface area contributed by atoms with Crippen LogP contribution in [0.2, 0.25) is 0 Å². The SMILES string of the molecule is NC(Cc1ccc(O)cc1)C(=O)N[C@@H](Cc1ccc(O)c(O)c1)C(=O)O. The van der Waals surface area contributed by atoms with Crippen LogP contribution in [0.15, 0.2) is 42.5 Å². The Kier molecular flexibility index (Phi) is 6.03. The number of nitrogens with one attached hydrogen (secondary N) is 1. The van der Waals surface area contributed by atoms with Crippen molar-refractivity contribution in [3.8, 4) is 17.2 Å². The third kappa shape index (κ3) is 5.12. The Labute approximate surface area is 149 Å². The standard InChI is InChI=1S/C18H20N2O6/c19-13(7-10-1-4-12(21)5-2-10)17(24)20-14(18(25)26)8-11-3-6-15(22)16(23)9-11/h1-6,9,13-14,21-23H,7-8,19H2,(H,20,24)(H,25,26)/t13?,14-/m0/s1. The van der Waals surface area contributed by atoms with Crippen molar-refractivity contribution in [3.63, 3.8) is 0 Å². The van der Waals surface area contributed by atoms with Gasteiger partial charge in [-0.3, -0.25) is 4.79 Å². The number of hydrogen-bond acceptors (Lipinski definition) is 6. The molecule has 7 N–H and O–H groups in total.